The lowest BCUT2D eigenvalue weighted by Gasteiger charge is -2.05. The van der Waals surface area contributed by atoms with Crippen LogP contribution in [0.3, 0.4) is 0 Å². The third-order valence-corrected chi connectivity index (χ3v) is 3.85. The summed E-state index contributed by atoms with van der Waals surface area (Å²) in [6.07, 6.45) is 0. The van der Waals surface area contributed by atoms with Crippen molar-refractivity contribution in [2.75, 3.05) is 5.32 Å². The highest BCUT2D eigenvalue weighted by atomic mass is 79.9. The molecule has 6 heteroatoms. The van der Waals surface area contributed by atoms with Gasteiger partial charge in [0.1, 0.15) is 0 Å². The zero-order valence-corrected chi connectivity index (χ0v) is 14.2. The van der Waals surface area contributed by atoms with Crippen molar-refractivity contribution in [3.05, 3.63) is 63.6 Å². The molecule has 2 aromatic carbocycles. The van der Waals surface area contributed by atoms with Crippen LogP contribution in [-0.4, -0.2) is 16.1 Å². The van der Waals surface area contributed by atoms with Gasteiger partial charge in [-0.15, -0.1) is 5.10 Å². The van der Waals surface area contributed by atoms with Crippen molar-refractivity contribution in [2.24, 2.45) is 0 Å². The Morgan fingerprint density at radius 3 is 2.74 bits per heavy atom. The second kappa shape index (κ2) is 6.34. The molecule has 0 aliphatic carbocycles. The van der Waals surface area contributed by atoms with E-state index in [0.29, 0.717) is 11.5 Å². The molecule has 3 aromatic rings. The number of nitrogens with zero attached hydrogens (tertiary/aromatic N) is 2. The number of nitrogens with one attached hydrogen (secondary N) is 1. The monoisotopic (exact) mass is 371 g/mol. The highest BCUT2D eigenvalue weighted by Crippen LogP contribution is 2.23. The second-order valence-corrected chi connectivity index (χ2v) is 6.11. The third kappa shape index (κ3) is 3.48. The summed E-state index contributed by atoms with van der Waals surface area (Å²) in [5, 5.41) is 10.5. The Labute approximate surface area is 141 Å². The summed E-state index contributed by atoms with van der Waals surface area (Å²) >= 11 is 3.39. The number of hydrogen-bond acceptors (Lipinski definition) is 4. The average Bonchev–Trinajstić information content (AvgIpc) is 2.98. The maximum absolute atomic E-state index is 12.3. The quantitative estimate of drug-likeness (QED) is 0.742. The minimum atomic E-state index is -0.268. The number of aromatic nitrogens is 2. The van der Waals surface area contributed by atoms with Crippen LogP contribution < -0.4 is 5.32 Å². The van der Waals surface area contributed by atoms with E-state index in [-0.39, 0.29) is 11.9 Å². The van der Waals surface area contributed by atoms with Gasteiger partial charge in [0.2, 0.25) is 5.89 Å². The Balaban J connectivity index is 1.81. The molecule has 3 rings (SSSR count). The van der Waals surface area contributed by atoms with E-state index in [2.05, 4.69) is 31.4 Å². The Morgan fingerprint density at radius 2 is 1.96 bits per heavy atom. The molecular formula is C17H14BrN3O2. The SMILES string of the molecule is Cc1ccc(C)c(C(=O)Nc2nnc(-c3cccc(Br)c3)o2)c1. The zero-order chi connectivity index (χ0) is 16.4. The Morgan fingerprint density at radius 1 is 1.13 bits per heavy atom. The summed E-state index contributed by atoms with van der Waals surface area (Å²) in [5.41, 5.74) is 3.27. The molecule has 116 valence electrons. The first-order valence-electron chi connectivity index (χ1n) is 7.01. The standard InChI is InChI=1S/C17H14BrN3O2/c1-10-6-7-11(2)14(8-10)15(22)19-17-21-20-16(23-17)12-4-3-5-13(18)9-12/h3-9H,1-2H3,(H,19,21,22). The minimum Gasteiger partial charge on any atom is -0.403 e. The van der Waals surface area contributed by atoms with E-state index in [4.69, 9.17) is 4.42 Å². The lowest BCUT2D eigenvalue weighted by molar-refractivity contribution is 0.102. The lowest BCUT2D eigenvalue weighted by Crippen LogP contribution is -2.13. The fraction of sp³-hybridized carbons (Fsp3) is 0.118. The summed E-state index contributed by atoms with van der Waals surface area (Å²) < 4.78 is 6.42. The maximum Gasteiger partial charge on any atom is 0.322 e. The van der Waals surface area contributed by atoms with E-state index in [1.165, 1.54) is 0 Å². The van der Waals surface area contributed by atoms with Crippen molar-refractivity contribution in [1.82, 2.24) is 10.2 Å². The van der Waals surface area contributed by atoms with Crippen molar-refractivity contribution in [3.63, 3.8) is 0 Å². The highest BCUT2D eigenvalue weighted by molar-refractivity contribution is 9.10. The largest absolute Gasteiger partial charge is 0.403 e. The van der Waals surface area contributed by atoms with Crippen LogP contribution in [0.1, 0.15) is 21.5 Å². The number of benzene rings is 2. The van der Waals surface area contributed by atoms with Crippen LogP contribution in [0, 0.1) is 13.8 Å². The summed E-state index contributed by atoms with van der Waals surface area (Å²) in [6.45, 7) is 3.82. The molecule has 0 spiro atoms. The maximum atomic E-state index is 12.3. The van der Waals surface area contributed by atoms with Crippen LogP contribution in [0.4, 0.5) is 6.01 Å². The number of halogens is 1. The summed E-state index contributed by atoms with van der Waals surface area (Å²) in [4.78, 5) is 12.3. The lowest BCUT2D eigenvalue weighted by atomic mass is 10.1. The molecule has 0 aliphatic heterocycles. The van der Waals surface area contributed by atoms with E-state index >= 15 is 0 Å². The molecule has 0 bridgehead atoms. The fourth-order valence-corrected chi connectivity index (χ4v) is 2.56. The molecule has 0 fully saturated rings. The molecule has 23 heavy (non-hydrogen) atoms. The van der Waals surface area contributed by atoms with Crippen LogP contribution in [0.15, 0.2) is 51.4 Å². The Bertz CT molecular complexity index is 874. The van der Waals surface area contributed by atoms with Crippen LogP contribution in [0.5, 0.6) is 0 Å². The Kier molecular flexibility index (Phi) is 4.25. The van der Waals surface area contributed by atoms with E-state index in [9.17, 15) is 4.79 Å². The molecule has 0 saturated carbocycles. The first-order valence-corrected chi connectivity index (χ1v) is 7.80. The molecule has 5 nitrogen and oxygen atoms in total. The molecule has 1 amide bonds. The molecule has 0 atom stereocenters. The number of carbonyl (C=O) groups excluding carboxylic acids is 1. The van der Waals surface area contributed by atoms with Gasteiger partial charge in [-0.1, -0.05) is 44.8 Å². The fourth-order valence-electron chi connectivity index (χ4n) is 2.16. The summed E-state index contributed by atoms with van der Waals surface area (Å²) in [5.74, 6) is 0.0817. The average molecular weight is 372 g/mol. The first kappa shape index (κ1) is 15.4. The highest BCUT2D eigenvalue weighted by Gasteiger charge is 2.14. The van der Waals surface area contributed by atoms with Gasteiger partial charge in [-0.25, -0.2) is 0 Å². The smallest absolute Gasteiger partial charge is 0.322 e. The first-order chi connectivity index (χ1) is 11.0. The molecule has 0 unspecified atom stereocenters. The van der Waals surface area contributed by atoms with Crippen molar-refractivity contribution in [3.8, 4) is 11.5 Å². The van der Waals surface area contributed by atoms with Gasteiger partial charge >= 0.3 is 6.01 Å². The van der Waals surface area contributed by atoms with Crippen molar-refractivity contribution in [2.45, 2.75) is 13.8 Å². The summed E-state index contributed by atoms with van der Waals surface area (Å²) in [7, 11) is 0. The number of carbonyl (C=O) groups is 1. The van der Waals surface area contributed by atoms with Gasteiger partial charge in [-0.05, 0) is 43.7 Å². The molecule has 0 radical (unpaired) electrons. The van der Waals surface area contributed by atoms with E-state index in [0.717, 1.165) is 21.2 Å². The molecule has 1 heterocycles. The molecule has 1 aromatic heterocycles. The van der Waals surface area contributed by atoms with Crippen molar-refractivity contribution >= 4 is 27.9 Å². The zero-order valence-electron chi connectivity index (χ0n) is 12.6. The number of aryl methyl sites for hydroxylation is 2. The third-order valence-electron chi connectivity index (χ3n) is 3.35. The van der Waals surface area contributed by atoms with Crippen LogP contribution in [0.2, 0.25) is 0 Å². The van der Waals surface area contributed by atoms with Gasteiger partial charge in [0, 0.05) is 15.6 Å². The van der Waals surface area contributed by atoms with E-state index in [1.54, 1.807) is 0 Å². The second-order valence-electron chi connectivity index (χ2n) is 5.20. The molecule has 0 aliphatic rings. The van der Waals surface area contributed by atoms with Gasteiger partial charge < -0.3 is 4.42 Å². The predicted molar refractivity (Wildman–Crippen MR) is 91.3 cm³/mol. The van der Waals surface area contributed by atoms with Crippen molar-refractivity contribution in [1.29, 1.82) is 0 Å². The van der Waals surface area contributed by atoms with E-state index < -0.39 is 0 Å². The van der Waals surface area contributed by atoms with Gasteiger partial charge in [0.15, 0.2) is 0 Å². The topological polar surface area (TPSA) is 68.0 Å². The summed E-state index contributed by atoms with van der Waals surface area (Å²) in [6, 6.07) is 13.3. The molecule has 1 N–H and O–H groups in total. The number of amides is 1. The normalized spacial score (nSPS) is 10.6. The van der Waals surface area contributed by atoms with Crippen LogP contribution >= 0.6 is 15.9 Å². The van der Waals surface area contributed by atoms with Gasteiger partial charge in [-0.3, -0.25) is 10.1 Å². The Hall–Kier alpha value is -2.47. The van der Waals surface area contributed by atoms with Gasteiger partial charge in [-0.2, -0.15) is 0 Å². The minimum absolute atomic E-state index is 0.0749. The number of anilines is 1. The predicted octanol–water partition coefficient (Wildman–Crippen LogP) is 4.37. The van der Waals surface area contributed by atoms with Gasteiger partial charge in [0.05, 0.1) is 0 Å². The number of hydrogen-bond donors (Lipinski definition) is 1. The van der Waals surface area contributed by atoms with Crippen molar-refractivity contribution < 1.29 is 9.21 Å². The van der Waals surface area contributed by atoms with Crippen LogP contribution in [-0.2, 0) is 0 Å². The molecule has 0 saturated heterocycles. The van der Waals surface area contributed by atoms with E-state index in [1.807, 2.05) is 56.3 Å². The van der Waals surface area contributed by atoms with Crippen LogP contribution in [0.25, 0.3) is 11.5 Å². The number of rotatable bonds is 3. The van der Waals surface area contributed by atoms with Gasteiger partial charge in [0.25, 0.3) is 5.91 Å². The molecular weight excluding hydrogens is 358 g/mol.